The quantitative estimate of drug-likeness (QED) is 0.573. The van der Waals surface area contributed by atoms with E-state index in [1.807, 2.05) is 6.92 Å². The van der Waals surface area contributed by atoms with Crippen LogP contribution < -0.4 is 10.6 Å². The van der Waals surface area contributed by atoms with Crippen LogP contribution in [-0.2, 0) is 0 Å². The topological polar surface area (TPSA) is 41.1 Å². The fourth-order valence-electron chi connectivity index (χ4n) is 1.13. The highest BCUT2D eigenvalue weighted by Crippen LogP contribution is 2.08. The van der Waals surface area contributed by atoms with E-state index >= 15 is 0 Å². The molecular formula is C8H14N2O. The van der Waals surface area contributed by atoms with E-state index in [1.54, 1.807) is 0 Å². The monoisotopic (exact) mass is 154 g/mol. The van der Waals surface area contributed by atoms with E-state index in [2.05, 4.69) is 22.8 Å². The molecule has 0 aromatic heterocycles. The van der Waals surface area contributed by atoms with Gasteiger partial charge in [0.25, 0.3) is 0 Å². The molecule has 0 radical (unpaired) electrons. The number of carbonyl (C=O) groups is 1. The zero-order chi connectivity index (χ0) is 8.10. The molecule has 0 saturated heterocycles. The molecule has 3 nitrogen and oxygen atoms in total. The Labute approximate surface area is 66.9 Å². The molecule has 11 heavy (non-hydrogen) atoms. The molecule has 0 atom stereocenters. The summed E-state index contributed by atoms with van der Waals surface area (Å²) in [4.78, 5) is 10.9. The number of carbonyl (C=O) groups excluding carboxylic acids is 1. The van der Waals surface area contributed by atoms with Gasteiger partial charge in [0.05, 0.1) is 0 Å². The Morgan fingerprint density at radius 1 is 1.55 bits per heavy atom. The van der Waals surface area contributed by atoms with Crippen LogP contribution >= 0.6 is 0 Å². The summed E-state index contributed by atoms with van der Waals surface area (Å²) in [5.74, 6) is 0. The van der Waals surface area contributed by atoms with Crippen molar-refractivity contribution in [3.63, 3.8) is 0 Å². The number of hydrogen-bond donors (Lipinski definition) is 2. The summed E-state index contributed by atoms with van der Waals surface area (Å²) in [6.07, 6.45) is 6.13. The number of hydrogen-bond acceptors (Lipinski definition) is 1. The fraction of sp³-hybridized carbons (Fsp3) is 0.625. The fourth-order valence-corrected chi connectivity index (χ4v) is 1.13. The summed E-state index contributed by atoms with van der Waals surface area (Å²) < 4.78 is 0. The molecule has 0 aromatic carbocycles. The predicted octanol–water partition coefficient (Wildman–Crippen LogP) is 1.02. The summed E-state index contributed by atoms with van der Waals surface area (Å²) in [6, 6.07) is 0.266. The molecule has 0 spiro atoms. The molecule has 1 aliphatic carbocycles. The second-order valence-corrected chi connectivity index (χ2v) is 2.64. The van der Waals surface area contributed by atoms with Crippen LogP contribution in [0.15, 0.2) is 12.2 Å². The van der Waals surface area contributed by atoms with E-state index < -0.39 is 0 Å². The minimum Gasteiger partial charge on any atom is -0.338 e. The van der Waals surface area contributed by atoms with Gasteiger partial charge in [0.1, 0.15) is 0 Å². The molecule has 0 aromatic rings. The molecule has 0 saturated carbocycles. The van der Waals surface area contributed by atoms with Gasteiger partial charge in [0.15, 0.2) is 0 Å². The van der Waals surface area contributed by atoms with E-state index in [0.717, 1.165) is 12.8 Å². The summed E-state index contributed by atoms with van der Waals surface area (Å²) >= 11 is 0. The van der Waals surface area contributed by atoms with Crippen molar-refractivity contribution in [3.05, 3.63) is 12.2 Å². The van der Waals surface area contributed by atoms with Crippen LogP contribution in [0.3, 0.4) is 0 Å². The third-order valence-electron chi connectivity index (χ3n) is 1.68. The van der Waals surface area contributed by atoms with Crippen molar-refractivity contribution < 1.29 is 4.79 Å². The van der Waals surface area contributed by atoms with Crippen LogP contribution in [0.5, 0.6) is 0 Å². The lowest BCUT2D eigenvalue weighted by atomic mass is 10.2. The zero-order valence-corrected chi connectivity index (χ0v) is 6.76. The van der Waals surface area contributed by atoms with Crippen LogP contribution in [0, 0.1) is 0 Å². The minimum atomic E-state index is -0.0544. The molecule has 1 rings (SSSR count). The molecular weight excluding hydrogens is 140 g/mol. The summed E-state index contributed by atoms with van der Waals surface area (Å²) in [5.41, 5.74) is 0. The van der Waals surface area contributed by atoms with Crippen molar-refractivity contribution in [2.24, 2.45) is 0 Å². The molecule has 0 fully saturated rings. The van der Waals surface area contributed by atoms with Crippen LogP contribution in [0.1, 0.15) is 19.8 Å². The van der Waals surface area contributed by atoms with Gasteiger partial charge in [-0.25, -0.2) is 4.79 Å². The molecule has 2 amide bonds. The second kappa shape index (κ2) is 4.01. The van der Waals surface area contributed by atoms with Crippen LogP contribution in [0.4, 0.5) is 4.79 Å². The lowest BCUT2D eigenvalue weighted by Gasteiger charge is -2.11. The van der Waals surface area contributed by atoms with Gasteiger partial charge in [-0.2, -0.15) is 0 Å². The highest BCUT2D eigenvalue weighted by atomic mass is 16.2. The first-order valence-corrected chi connectivity index (χ1v) is 4.02. The average Bonchev–Trinajstić information content (AvgIpc) is 2.40. The second-order valence-electron chi connectivity index (χ2n) is 2.64. The first-order chi connectivity index (χ1) is 5.33. The maximum absolute atomic E-state index is 10.9. The SMILES string of the molecule is CCNC(=O)NC1CC=CC1. The lowest BCUT2D eigenvalue weighted by Crippen LogP contribution is -2.40. The highest BCUT2D eigenvalue weighted by molar-refractivity contribution is 5.74. The first kappa shape index (κ1) is 8.11. The Hall–Kier alpha value is -0.990. The summed E-state index contributed by atoms with van der Waals surface area (Å²) in [5, 5.41) is 5.56. The van der Waals surface area contributed by atoms with Gasteiger partial charge in [-0.15, -0.1) is 0 Å². The Morgan fingerprint density at radius 3 is 2.73 bits per heavy atom. The van der Waals surface area contributed by atoms with Gasteiger partial charge < -0.3 is 10.6 Å². The largest absolute Gasteiger partial charge is 0.338 e. The number of nitrogens with one attached hydrogen (secondary N) is 2. The van der Waals surface area contributed by atoms with Gasteiger partial charge in [-0.05, 0) is 19.8 Å². The van der Waals surface area contributed by atoms with Crippen LogP contribution in [0.25, 0.3) is 0 Å². The minimum absolute atomic E-state index is 0.0544. The summed E-state index contributed by atoms with van der Waals surface area (Å²) in [7, 11) is 0. The average molecular weight is 154 g/mol. The van der Waals surface area contributed by atoms with E-state index in [9.17, 15) is 4.79 Å². The molecule has 2 N–H and O–H groups in total. The van der Waals surface area contributed by atoms with Crippen molar-refractivity contribution in [1.29, 1.82) is 0 Å². The van der Waals surface area contributed by atoms with Gasteiger partial charge >= 0.3 is 6.03 Å². The molecule has 3 heteroatoms. The van der Waals surface area contributed by atoms with Crippen LogP contribution in [-0.4, -0.2) is 18.6 Å². The number of amides is 2. The lowest BCUT2D eigenvalue weighted by molar-refractivity contribution is 0.238. The summed E-state index contributed by atoms with van der Waals surface area (Å²) in [6.45, 7) is 2.60. The number of urea groups is 1. The molecule has 0 aliphatic heterocycles. The van der Waals surface area contributed by atoms with E-state index in [0.29, 0.717) is 12.6 Å². The van der Waals surface area contributed by atoms with Gasteiger partial charge in [-0.3, -0.25) is 0 Å². The third kappa shape index (κ3) is 2.62. The van der Waals surface area contributed by atoms with E-state index in [4.69, 9.17) is 0 Å². The van der Waals surface area contributed by atoms with Crippen LogP contribution in [0.2, 0.25) is 0 Å². The molecule has 0 heterocycles. The van der Waals surface area contributed by atoms with Gasteiger partial charge in [0, 0.05) is 12.6 Å². The van der Waals surface area contributed by atoms with Gasteiger partial charge in [-0.1, -0.05) is 12.2 Å². The Bertz CT molecular complexity index is 157. The number of rotatable bonds is 2. The molecule has 62 valence electrons. The van der Waals surface area contributed by atoms with Crippen molar-refractivity contribution >= 4 is 6.03 Å². The maximum atomic E-state index is 10.9. The molecule has 0 bridgehead atoms. The highest BCUT2D eigenvalue weighted by Gasteiger charge is 2.11. The Balaban J connectivity index is 2.15. The standard InChI is InChI=1S/C8H14N2O/c1-2-9-8(11)10-7-5-3-4-6-7/h3-4,7H,2,5-6H2,1H3,(H2,9,10,11). The Kier molecular flexibility index (Phi) is 2.95. The smallest absolute Gasteiger partial charge is 0.315 e. The third-order valence-corrected chi connectivity index (χ3v) is 1.68. The predicted molar refractivity (Wildman–Crippen MR) is 44.4 cm³/mol. The van der Waals surface area contributed by atoms with Crippen molar-refractivity contribution in [2.75, 3.05) is 6.54 Å². The Morgan fingerprint density at radius 2 is 2.18 bits per heavy atom. The first-order valence-electron chi connectivity index (χ1n) is 4.02. The molecule has 0 unspecified atom stereocenters. The van der Waals surface area contributed by atoms with E-state index in [1.165, 1.54) is 0 Å². The maximum Gasteiger partial charge on any atom is 0.315 e. The molecule has 1 aliphatic rings. The van der Waals surface area contributed by atoms with Crippen molar-refractivity contribution in [1.82, 2.24) is 10.6 Å². The van der Waals surface area contributed by atoms with Gasteiger partial charge in [0.2, 0.25) is 0 Å². The van der Waals surface area contributed by atoms with E-state index in [-0.39, 0.29) is 6.03 Å². The zero-order valence-electron chi connectivity index (χ0n) is 6.76. The van der Waals surface area contributed by atoms with Crippen molar-refractivity contribution in [3.8, 4) is 0 Å². The normalized spacial score (nSPS) is 16.8. The van der Waals surface area contributed by atoms with Crippen molar-refractivity contribution in [2.45, 2.75) is 25.8 Å².